The molecule has 0 aliphatic carbocycles. The predicted molar refractivity (Wildman–Crippen MR) is 71.4 cm³/mol. The summed E-state index contributed by atoms with van der Waals surface area (Å²) in [5, 5.41) is 20.5. The average molecular weight is 279 g/mol. The van der Waals surface area contributed by atoms with Gasteiger partial charge in [0.1, 0.15) is 6.04 Å². The maximum absolute atomic E-state index is 12.3. The predicted octanol–water partition coefficient (Wildman–Crippen LogP) is 0.382. The van der Waals surface area contributed by atoms with Crippen molar-refractivity contribution < 1.29 is 24.6 Å². The van der Waals surface area contributed by atoms with Gasteiger partial charge in [0.2, 0.25) is 5.91 Å². The van der Waals surface area contributed by atoms with E-state index < -0.39 is 29.8 Å². The van der Waals surface area contributed by atoms with Gasteiger partial charge in [-0.05, 0) is 18.1 Å². The molecule has 1 aromatic carbocycles. The van der Waals surface area contributed by atoms with Crippen molar-refractivity contribution in [2.75, 3.05) is 0 Å². The molecule has 0 spiro atoms. The van der Waals surface area contributed by atoms with Crippen molar-refractivity contribution in [1.29, 1.82) is 0 Å². The lowest BCUT2D eigenvalue weighted by molar-refractivity contribution is -0.147. The molecule has 20 heavy (non-hydrogen) atoms. The number of aliphatic hydroxyl groups excluding tert-OH is 1. The van der Waals surface area contributed by atoms with Crippen LogP contribution in [0.25, 0.3) is 0 Å². The SMILES string of the molecule is CCc1cccc(C(=O)C(NC(C)=O)C(O)C(=O)O)c1. The number of ketones is 1. The first-order valence-electron chi connectivity index (χ1n) is 6.18. The first-order valence-corrected chi connectivity index (χ1v) is 6.18. The largest absolute Gasteiger partial charge is 0.479 e. The summed E-state index contributed by atoms with van der Waals surface area (Å²) in [7, 11) is 0. The van der Waals surface area contributed by atoms with Crippen LogP contribution in [0.2, 0.25) is 0 Å². The van der Waals surface area contributed by atoms with Gasteiger partial charge in [0.05, 0.1) is 0 Å². The molecule has 0 aromatic heterocycles. The Balaban J connectivity index is 3.08. The van der Waals surface area contributed by atoms with Crippen LogP contribution < -0.4 is 5.32 Å². The van der Waals surface area contributed by atoms with Crippen LogP contribution in [-0.2, 0) is 16.0 Å². The van der Waals surface area contributed by atoms with E-state index in [9.17, 15) is 19.5 Å². The molecule has 0 fully saturated rings. The lowest BCUT2D eigenvalue weighted by Crippen LogP contribution is -2.51. The molecule has 1 rings (SSSR count). The molecule has 6 heteroatoms. The second-order valence-corrected chi connectivity index (χ2v) is 4.38. The van der Waals surface area contributed by atoms with Crippen molar-refractivity contribution in [3.63, 3.8) is 0 Å². The molecule has 0 bridgehead atoms. The van der Waals surface area contributed by atoms with Gasteiger partial charge in [-0.25, -0.2) is 4.79 Å². The normalized spacial score (nSPS) is 13.3. The Morgan fingerprint density at radius 1 is 1.30 bits per heavy atom. The second kappa shape index (κ2) is 6.81. The molecular weight excluding hydrogens is 262 g/mol. The molecular formula is C14H17NO5. The molecule has 2 atom stereocenters. The summed E-state index contributed by atoms with van der Waals surface area (Å²) in [6, 6.07) is 5.13. The monoisotopic (exact) mass is 279 g/mol. The zero-order valence-electron chi connectivity index (χ0n) is 11.3. The van der Waals surface area contributed by atoms with Crippen molar-refractivity contribution in [1.82, 2.24) is 5.32 Å². The van der Waals surface area contributed by atoms with Crippen LogP contribution in [0, 0.1) is 0 Å². The van der Waals surface area contributed by atoms with E-state index in [0.717, 1.165) is 12.5 Å². The third-order valence-electron chi connectivity index (χ3n) is 2.83. The molecule has 0 radical (unpaired) electrons. The molecule has 0 saturated carbocycles. The van der Waals surface area contributed by atoms with Gasteiger partial charge in [0.25, 0.3) is 0 Å². The van der Waals surface area contributed by atoms with E-state index in [1.165, 1.54) is 6.07 Å². The molecule has 0 saturated heterocycles. The molecule has 0 heterocycles. The van der Waals surface area contributed by atoms with E-state index in [1.54, 1.807) is 12.1 Å². The van der Waals surface area contributed by atoms with E-state index in [4.69, 9.17) is 5.11 Å². The number of carbonyl (C=O) groups is 3. The summed E-state index contributed by atoms with van der Waals surface area (Å²) in [6.07, 6.45) is -1.27. The van der Waals surface area contributed by atoms with E-state index >= 15 is 0 Å². The molecule has 3 N–H and O–H groups in total. The topological polar surface area (TPSA) is 104 Å². The van der Waals surface area contributed by atoms with Crippen LogP contribution in [0.3, 0.4) is 0 Å². The highest BCUT2D eigenvalue weighted by Gasteiger charge is 2.33. The smallest absolute Gasteiger partial charge is 0.335 e. The minimum absolute atomic E-state index is 0.253. The average Bonchev–Trinajstić information content (AvgIpc) is 2.43. The number of Topliss-reactive ketones (excluding diaryl/α,β-unsaturated/α-hetero) is 1. The Kier molecular flexibility index (Phi) is 5.40. The summed E-state index contributed by atoms with van der Waals surface area (Å²) in [6.45, 7) is 3.07. The number of hydrogen-bond donors (Lipinski definition) is 3. The summed E-state index contributed by atoms with van der Waals surface area (Å²) in [5.74, 6) is -2.79. The zero-order valence-corrected chi connectivity index (χ0v) is 11.3. The lowest BCUT2D eigenvalue weighted by Gasteiger charge is -2.19. The Morgan fingerprint density at radius 3 is 2.45 bits per heavy atom. The number of hydrogen-bond acceptors (Lipinski definition) is 4. The molecule has 1 amide bonds. The minimum Gasteiger partial charge on any atom is -0.479 e. The number of nitrogens with one attached hydrogen (secondary N) is 1. The fourth-order valence-corrected chi connectivity index (χ4v) is 1.77. The number of amides is 1. The Labute approximate surface area is 116 Å². The first kappa shape index (κ1) is 15.8. The highest BCUT2D eigenvalue weighted by atomic mass is 16.4. The number of aryl methyl sites for hydroxylation is 1. The quantitative estimate of drug-likeness (QED) is 0.653. The van der Waals surface area contributed by atoms with Crippen molar-refractivity contribution in [2.24, 2.45) is 0 Å². The molecule has 1 aromatic rings. The van der Waals surface area contributed by atoms with Crippen LogP contribution in [0.4, 0.5) is 0 Å². The summed E-state index contributed by atoms with van der Waals surface area (Å²) < 4.78 is 0. The van der Waals surface area contributed by atoms with Crippen LogP contribution >= 0.6 is 0 Å². The van der Waals surface area contributed by atoms with Crippen molar-refractivity contribution >= 4 is 17.7 Å². The van der Waals surface area contributed by atoms with E-state index in [-0.39, 0.29) is 5.56 Å². The molecule has 2 unspecified atom stereocenters. The van der Waals surface area contributed by atoms with Gasteiger partial charge in [-0.3, -0.25) is 9.59 Å². The molecule has 6 nitrogen and oxygen atoms in total. The molecule has 0 aliphatic heterocycles. The standard InChI is InChI=1S/C14H17NO5/c1-3-9-5-4-6-10(7-9)12(17)11(15-8(2)16)13(18)14(19)20/h4-7,11,13,18H,3H2,1-2H3,(H,15,16)(H,19,20). The third kappa shape index (κ3) is 3.89. The summed E-state index contributed by atoms with van der Waals surface area (Å²) >= 11 is 0. The van der Waals surface area contributed by atoms with E-state index in [2.05, 4.69) is 5.32 Å². The van der Waals surface area contributed by atoms with Gasteiger partial charge in [-0.15, -0.1) is 0 Å². The number of carbonyl (C=O) groups excluding carboxylic acids is 2. The second-order valence-electron chi connectivity index (χ2n) is 4.38. The van der Waals surface area contributed by atoms with Gasteiger partial charge in [-0.2, -0.15) is 0 Å². The minimum atomic E-state index is -1.99. The Hall–Kier alpha value is -2.21. The Bertz CT molecular complexity index is 526. The van der Waals surface area contributed by atoms with Crippen molar-refractivity contribution in [3.05, 3.63) is 35.4 Å². The van der Waals surface area contributed by atoms with Gasteiger partial charge in [0.15, 0.2) is 11.9 Å². The van der Waals surface area contributed by atoms with Crippen molar-refractivity contribution in [3.8, 4) is 0 Å². The number of carboxylic acid groups (broad SMARTS) is 1. The number of benzene rings is 1. The number of carboxylic acids is 1. The zero-order chi connectivity index (χ0) is 15.3. The summed E-state index contributed by atoms with van der Waals surface area (Å²) in [4.78, 5) is 34.2. The maximum atomic E-state index is 12.3. The third-order valence-corrected chi connectivity index (χ3v) is 2.83. The highest BCUT2D eigenvalue weighted by Crippen LogP contribution is 2.11. The van der Waals surface area contributed by atoms with Gasteiger partial charge in [0, 0.05) is 12.5 Å². The summed E-state index contributed by atoms with van der Waals surface area (Å²) in [5.41, 5.74) is 1.16. The molecule has 108 valence electrons. The van der Waals surface area contributed by atoms with Crippen LogP contribution in [-0.4, -0.2) is 40.0 Å². The fraction of sp³-hybridized carbons (Fsp3) is 0.357. The number of rotatable bonds is 6. The van der Waals surface area contributed by atoms with Gasteiger partial charge >= 0.3 is 5.97 Å². The lowest BCUT2D eigenvalue weighted by atomic mass is 9.97. The van der Waals surface area contributed by atoms with Gasteiger partial charge in [-0.1, -0.05) is 25.1 Å². The van der Waals surface area contributed by atoms with Gasteiger partial charge < -0.3 is 15.5 Å². The van der Waals surface area contributed by atoms with Crippen LogP contribution in [0.1, 0.15) is 29.8 Å². The first-order chi connectivity index (χ1) is 9.36. The fourth-order valence-electron chi connectivity index (χ4n) is 1.77. The van der Waals surface area contributed by atoms with Crippen LogP contribution in [0.15, 0.2) is 24.3 Å². The Morgan fingerprint density at radius 2 is 1.95 bits per heavy atom. The number of aliphatic hydroxyl groups is 1. The number of aliphatic carboxylic acids is 1. The van der Waals surface area contributed by atoms with Crippen LogP contribution in [0.5, 0.6) is 0 Å². The highest BCUT2D eigenvalue weighted by molar-refractivity contribution is 6.04. The van der Waals surface area contributed by atoms with E-state index in [1.807, 2.05) is 13.0 Å². The maximum Gasteiger partial charge on any atom is 0.335 e. The van der Waals surface area contributed by atoms with Crippen molar-refractivity contribution in [2.45, 2.75) is 32.4 Å². The molecule has 0 aliphatic rings. The van der Waals surface area contributed by atoms with E-state index in [0.29, 0.717) is 6.42 Å².